The number of anilines is 1. The van der Waals surface area contributed by atoms with Crippen molar-refractivity contribution in [3.05, 3.63) is 10.6 Å². The van der Waals surface area contributed by atoms with Crippen LogP contribution in [-0.4, -0.2) is 41.2 Å². The maximum absolute atomic E-state index is 12.2. The highest BCUT2D eigenvalue weighted by molar-refractivity contribution is 7.15. The van der Waals surface area contributed by atoms with Crippen LogP contribution in [0.15, 0.2) is 0 Å². The van der Waals surface area contributed by atoms with Crippen LogP contribution in [0.1, 0.15) is 37.8 Å². The summed E-state index contributed by atoms with van der Waals surface area (Å²) in [4.78, 5) is 22.6. The number of nitrogens with zero attached hydrogens (tertiary/aromatic N) is 3. The van der Waals surface area contributed by atoms with E-state index >= 15 is 0 Å². The fourth-order valence-electron chi connectivity index (χ4n) is 3.36. The molecule has 0 spiro atoms. The lowest BCUT2D eigenvalue weighted by molar-refractivity contribution is 0.0222. The predicted octanol–water partition coefficient (Wildman–Crippen LogP) is 2.89. The van der Waals surface area contributed by atoms with Crippen LogP contribution in [-0.2, 0) is 17.7 Å². The molecule has 0 aromatic carbocycles. The monoisotopic (exact) mass is 321 g/mol. The molecule has 0 N–H and O–H groups in total. The molecule has 2 aliphatic heterocycles. The Kier molecular flexibility index (Phi) is 3.15. The van der Waals surface area contributed by atoms with E-state index in [0.717, 1.165) is 35.6 Å². The van der Waals surface area contributed by atoms with Gasteiger partial charge in [0.05, 0.1) is 12.2 Å². The van der Waals surface area contributed by atoms with E-state index < -0.39 is 5.60 Å². The Bertz CT molecular complexity index is 597. The molecule has 1 amide bonds. The zero-order chi connectivity index (χ0) is 15.5. The number of carbonyl (C=O) groups excluding carboxylic acids is 1. The van der Waals surface area contributed by atoms with Crippen LogP contribution in [0.3, 0.4) is 0 Å². The van der Waals surface area contributed by atoms with Gasteiger partial charge in [-0.3, -0.25) is 0 Å². The molecule has 1 saturated heterocycles. The van der Waals surface area contributed by atoms with E-state index in [2.05, 4.69) is 4.90 Å². The van der Waals surface area contributed by atoms with Crippen LogP contribution >= 0.6 is 11.3 Å². The fourth-order valence-corrected chi connectivity index (χ4v) is 4.43. The highest BCUT2D eigenvalue weighted by Gasteiger charge is 2.46. The highest BCUT2D eigenvalue weighted by atomic mass is 32.1. The average molecular weight is 321 g/mol. The minimum absolute atomic E-state index is 0.227. The summed E-state index contributed by atoms with van der Waals surface area (Å²) in [5.41, 5.74) is 0.624. The third kappa shape index (κ3) is 2.69. The van der Waals surface area contributed by atoms with Crippen molar-refractivity contribution in [1.29, 1.82) is 0 Å². The van der Waals surface area contributed by atoms with E-state index in [0.29, 0.717) is 6.54 Å². The lowest BCUT2D eigenvalue weighted by atomic mass is 10.2. The number of thiazole rings is 1. The summed E-state index contributed by atoms with van der Waals surface area (Å²) in [5.74, 6) is 1.83. The highest BCUT2D eigenvalue weighted by Crippen LogP contribution is 2.47. The van der Waals surface area contributed by atoms with Crippen molar-refractivity contribution in [1.82, 2.24) is 9.88 Å². The van der Waals surface area contributed by atoms with Crippen LogP contribution in [0.25, 0.3) is 0 Å². The fraction of sp³-hybridized carbons (Fsp3) is 0.750. The normalized spacial score (nSPS) is 26.7. The van der Waals surface area contributed by atoms with Crippen molar-refractivity contribution in [2.75, 3.05) is 24.5 Å². The number of hydrogen-bond donors (Lipinski definition) is 0. The van der Waals surface area contributed by atoms with Crippen LogP contribution in [0.2, 0.25) is 0 Å². The van der Waals surface area contributed by atoms with Gasteiger partial charge in [-0.1, -0.05) is 0 Å². The summed E-state index contributed by atoms with van der Waals surface area (Å²) in [6, 6.07) is 0. The predicted molar refractivity (Wildman–Crippen MR) is 86.3 cm³/mol. The molecule has 1 aromatic heterocycles. The number of fused-ring (bicyclic) bond motifs is 2. The van der Waals surface area contributed by atoms with Crippen molar-refractivity contribution in [2.24, 2.45) is 11.8 Å². The minimum Gasteiger partial charge on any atom is -0.444 e. The van der Waals surface area contributed by atoms with Crippen molar-refractivity contribution >= 4 is 22.6 Å². The molecule has 2 atom stereocenters. The molecule has 22 heavy (non-hydrogen) atoms. The Hall–Kier alpha value is -1.30. The SMILES string of the molecule is CC(C)(C)OC(=O)N1CCc2sc(N3CC4CC4C3)nc2C1. The molecule has 3 heterocycles. The molecule has 6 heteroatoms. The maximum Gasteiger partial charge on any atom is 0.410 e. The van der Waals surface area contributed by atoms with Gasteiger partial charge in [-0.15, -0.1) is 11.3 Å². The molecule has 120 valence electrons. The molecule has 1 saturated carbocycles. The lowest BCUT2D eigenvalue weighted by Crippen LogP contribution is -2.39. The van der Waals surface area contributed by atoms with E-state index in [1.807, 2.05) is 32.1 Å². The molecule has 1 aliphatic carbocycles. The zero-order valence-electron chi connectivity index (χ0n) is 13.5. The number of carbonyl (C=O) groups is 1. The van der Waals surface area contributed by atoms with Gasteiger partial charge in [-0.2, -0.15) is 0 Å². The first kappa shape index (κ1) is 14.3. The summed E-state index contributed by atoms with van der Waals surface area (Å²) < 4.78 is 5.47. The van der Waals surface area contributed by atoms with E-state index in [1.165, 1.54) is 24.4 Å². The molecule has 5 nitrogen and oxygen atoms in total. The van der Waals surface area contributed by atoms with Gasteiger partial charge in [0.15, 0.2) is 5.13 Å². The first-order valence-electron chi connectivity index (χ1n) is 8.10. The second kappa shape index (κ2) is 4.85. The molecule has 0 bridgehead atoms. The number of aromatic nitrogens is 1. The molecule has 1 aromatic rings. The van der Waals surface area contributed by atoms with E-state index in [9.17, 15) is 4.79 Å². The number of hydrogen-bond acceptors (Lipinski definition) is 5. The molecule has 4 rings (SSSR count). The Morgan fingerprint density at radius 2 is 2.05 bits per heavy atom. The molecule has 2 fully saturated rings. The Morgan fingerprint density at radius 1 is 1.32 bits per heavy atom. The van der Waals surface area contributed by atoms with Crippen LogP contribution in [0.5, 0.6) is 0 Å². The first-order chi connectivity index (χ1) is 10.4. The average Bonchev–Trinajstić information content (AvgIpc) is 2.86. The second-order valence-corrected chi connectivity index (χ2v) is 8.74. The van der Waals surface area contributed by atoms with E-state index in [1.54, 1.807) is 4.90 Å². The summed E-state index contributed by atoms with van der Waals surface area (Å²) >= 11 is 1.82. The second-order valence-electron chi connectivity index (χ2n) is 7.68. The van der Waals surface area contributed by atoms with Gasteiger partial charge in [0.25, 0.3) is 0 Å². The quantitative estimate of drug-likeness (QED) is 0.798. The Labute approximate surface area is 135 Å². The van der Waals surface area contributed by atoms with Gasteiger partial charge in [0.1, 0.15) is 5.60 Å². The van der Waals surface area contributed by atoms with E-state index in [-0.39, 0.29) is 6.09 Å². The Balaban J connectivity index is 1.44. The summed E-state index contributed by atoms with van der Waals surface area (Å²) in [6.45, 7) is 9.37. The minimum atomic E-state index is -0.443. The largest absolute Gasteiger partial charge is 0.444 e. The van der Waals surface area contributed by atoms with Crippen LogP contribution < -0.4 is 4.90 Å². The van der Waals surface area contributed by atoms with Crippen molar-refractivity contribution in [3.8, 4) is 0 Å². The molecule has 2 unspecified atom stereocenters. The van der Waals surface area contributed by atoms with E-state index in [4.69, 9.17) is 9.72 Å². The summed E-state index contributed by atoms with van der Waals surface area (Å²) in [5, 5.41) is 1.16. The number of ether oxygens (including phenoxy) is 1. The molecular formula is C16H23N3O2S. The summed E-state index contributed by atoms with van der Waals surface area (Å²) in [7, 11) is 0. The molecule has 3 aliphatic rings. The zero-order valence-corrected chi connectivity index (χ0v) is 14.3. The molecular weight excluding hydrogens is 298 g/mol. The van der Waals surface area contributed by atoms with Gasteiger partial charge < -0.3 is 14.5 Å². The van der Waals surface area contributed by atoms with Gasteiger partial charge in [-0.25, -0.2) is 9.78 Å². The third-order valence-corrected chi connectivity index (χ3v) is 5.84. The topological polar surface area (TPSA) is 45.7 Å². The van der Waals surface area contributed by atoms with Gasteiger partial charge in [-0.05, 0) is 39.0 Å². The van der Waals surface area contributed by atoms with Crippen LogP contribution in [0.4, 0.5) is 9.93 Å². The van der Waals surface area contributed by atoms with Crippen LogP contribution in [0, 0.1) is 11.8 Å². The van der Waals surface area contributed by atoms with Crippen molar-refractivity contribution < 1.29 is 9.53 Å². The lowest BCUT2D eigenvalue weighted by Gasteiger charge is -2.29. The number of rotatable bonds is 1. The van der Waals surface area contributed by atoms with Gasteiger partial charge in [0.2, 0.25) is 0 Å². The Morgan fingerprint density at radius 3 is 2.73 bits per heavy atom. The standard InChI is InChI=1S/C16H23N3O2S/c1-16(2,3)21-15(20)18-5-4-13-12(9-18)17-14(22-13)19-7-10-6-11(10)8-19/h10-11H,4-9H2,1-3H3. The van der Waals surface area contributed by atoms with Gasteiger partial charge >= 0.3 is 6.09 Å². The van der Waals surface area contributed by atoms with Gasteiger partial charge in [0, 0.05) is 30.9 Å². The molecule has 0 radical (unpaired) electrons. The van der Waals surface area contributed by atoms with Crippen molar-refractivity contribution in [3.63, 3.8) is 0 Å². The first-order valence-corrected chi connectivity index (χ1v) is 8.92. The number of amides is 1. The number of piperidine rings is 1. The summed E-state index contributed by atoms with van der Waals surface area (Å²) in [6.07, 6.45) is 2.08. The smallest absolute Gasteiger partial charge is 0.410 e. The van der Waals surface area contributed by atoms with Crippen molar-refractivity contribution in [2.45, 2.75) is 45.8 Å². The third-order valence-electron chi connectivity index (χ3n) is 4.62. The maximum atomic E-state index is 12.2.